The van der Waals surface area contributed by atoms with Gasteiger partial charge in [-0.3, -0.25) is 0 Å². The molecule has 0 unspecified atom stereocenters. The van der Waals surface area contributed by atoms with Crippen LogP contribution >= 0.6 is 0 Å². The summed E-state index contributed by atoms with van der Waals surface area (Å²) in [6, 6.07) is 14.1. The highest BCUT2D eigenvalue weighted by molar-refractivity contribution is 7.89. The van der Waals surface area contributed by atoms with Gasteiger partial charge in [-0.2, -0.15) is 0 Å². The number of hydrogen-bond donors (Lipinski definition) is 2. The summed E-state index contributed by atoms with van der Waals surface area (Å²) in [7, 11) is -3.87. The van der Waals surface area contributed by atoms with Gasteiger partial charge in [0.15, 0.2) is 0 Å². The van der Waals surface area contributed by atoms with Gasteiger partial charge in [-0.25, -0.2) is 26.7 Å². The molecular weight excluding hydrogens is 452 g/mol. The first kappa shape index (κ1) is 24.3. The van der Waals surface area contributed by atoms with E-state index in [0.29, 0.717) is 29.7 Å². The van der Waals surface area contributed by atoms with Crippen molar-refractivity contribution in [2.75, 3.05) is 6.54 Å². The highest BCUT2D eigenvalue weighted by atomic mass is 32.2. The summed E-state index contributed by atoms with van der Waals surface area (Å²) in [6.45, 7) is 1.91. The quantitative estimate of drug-likeness (QED) is 0.456. The lowest BCUT2D eigenvalue weighted by Gasteiger charge is -2.10. The lowest BCUT2D eigenvalue weighted by atomic mass is 10.1. The number of sulfonamides is 1. The predicted molar refractivity (Wildman–Crippen MR) is 119 cm³/mol. The number of halogens is 2. The number of aryl methyl sites for hydroxylation is 1. The minimum atomic E-state index is -3.87. The normalized spacial score (nSPS) is 11.4. The van der Waals surface area contributed by atoms with Crippen LogP contribution in [0.2, 0.25) is 0 Å². The van der Waals surface area contributed by atoms with Gasteiger partial charge in [0.1, 0.15) is 24.0 Å². The van der Waals surface area contributed by atoms with Crippen molar-refractivity contribution in [1.82, 2.24) is 4.72 Å². The third-order valence-corrected chi connectivity index (χ3v) is 6.42. The van der Waals surface area contributed by atoms with Crippen molar-refractivity contribution in [3.63, 3.8) is 0 Å². The smallest absolute Gasteiger partial charge is 0.336 e. The van der Waals surface area contributed by atoms with Crippen LogP contribution in [0, 0.1) is 11.6 Å². The van der Waals surface area contributed by atoms with Crippen molar-refractivity contribution in [2.45, 2.75) is 31.3 Å². The Morgan fingerprint density at radius 3 is 2.24 bits per heavy atom. The first-order chi connectivity index (χ1) is 15.7. The Labute approximate surface area is 190 Å². The fourth-order valence-electron chi connectivity index (χ4n) is 3.26. The van der Waals surface area contributed by atoms with Crippen LogP contribution in [0.25, 0.3) is 0 Å². The van der Waals surface area contributed by atoms with Crippen LogP contribution in [0.15, 0.2) is 65.6 Å². The zero-order valence-electron chi connectivity index (χ0n) is 17.8. The van der Waals surface area contributed by atoms with Gasteiger partial charge in [-0.1, -0.05) is 25.1 Å². The highest BCUT2D eigenvalue weighted by Crippen LogP contribution is 2.18. The molecule has 0 saturated carbocycles. The highest BCUT2D eigenvalue weighted by Gasteiger charge is 2.18. The summed E-state index contributed by atoms with van der Waals surface area (Å²) in [5.74, 6) is -2.02. The van der Waals surface area contributed by atoms with Gasteiger partial charge in [-0.15, -0.1) is 0 Å². The molecule has 0 aliphatic carbocycles. The van der Waals surface area contributed by atoms with Gasteiger partial charge in [0.25, 0.3) is 0 Å². The molecule has 3 aromatic rings. The van der Waals surface area contributed by atoms with E-state index in [0.717, 1.165) is 11.6 Å². The molecule has 174 valence electrons. The second-order valence-electron chi connectivity index (χ2n) is 7.34. The van der Waals surface area contributed by atoms with Gasteiger partial charge in [0.05, 0.1) is 10.5 Å². The molecule has 3 rings (SSSR count). The van der Waals surface area contributed by atoms with E-state index in [1.807, 2.05) is 0 Å². The molecule has 0 atom stereocenters. The summed E-state index contributed by atoms with van der Waals surface area (Å²) in [5, 5.41) is 9.30. The van der Waals surface area contributed by atoms with E-state index in [-0.39, 0.29) is 23.6 Å². The molecule has 9 heteroatoms. The van der Waals surface area contributed by atoms with E-state index < -0.39 is 27.6 Å². The van der Waals surface area contributed by atoms with Gasteiger partial charge < -0.3 is 9.84 Å². The fourth-order valence-corrected chi connectivity index (χ4v) is 4.31. The number of hydrogen-bond acceptors (Lipinski definition) is 4. The third kappa shape index (κ3) is 6.59. The average molecular weight is 476 g/mol. The van der Waals surface area contributed by atoms with E-state index in [9.17, 15) is 27.1 Å². The number of benzene rings is 3. The third-order valence-electron chi connectivity index (χ3n) is 4.96. The van der Waals surface area contributed by atoms with Crippen molar-refractivity contribution in [1.29, 1.82) is 0 Å². The second kappa shape index (κ2) is 10.5. The molecule has 0 aromatic heterocycles. The number of carboxylic acids is 1. The number of nitrogens with one attached hydrogen (secondary N) is 1. The largest absolute Gasteiger partial charge is 0.489 e. The van der Waals surface area contributed by atoms with Gasteiger partial charge in [-0.05, 0) is 65.9 Å². The van der Waals surface area contributed by atoms with E-state index in [2.05, 4.69) is 4.72 Å². The molecule has 0 amide bonds. The van der Waals surface area contributed by atoms with Crippen LogP contribution in [-0.4, -0.2) is 26.0 Å². The Kier molecular flexibility index (Phi) is 7.78. The van der Waals surface area contributed by atoms with Gasteiger partial charge in [0, 0.05) is 12.6 Å². The molecule has 3 aromatic carbocycles. The zero-order valence-corrected chi connectivity index (χ0v) is 18.7. The van der Waals surface area contributed by atoms with E-state index in [1.54, 1.807) is 31.2 Å². The Morgan fingerprint density at radius 1 is 0.970 bits per heavy atom. The van der Waals surface area contributed by atoms with Crippen LogP contribution in [0.4, 0.5) is 8.78 Å². The SMILES string of the molecule is CCc1ccc(S(=O)(=O)NCCc2ccc(OCc3cc(F)cc(F)c3)cc2)cc1C(=O)O. The lowest BCUT2D eigenvalue weighted by molar-refractivity contribution is 0.0695. The van der Waals surface area contributed by atoms with Crippen molar-refractivity contribution in [3.8, 4) is 5.75 Å². The molecule has 33 heavy (non-hydrogen) atoms. The number of carboxylic acid groups (broad SMARTS) is 1. The molecule has 0 saturated heterocycles. The molecule has 0 aliphatic rings. The van der Waals surface area contributed by atoms with Crippen molar-refractivity contribution in [3.05, 3.63) is 94.6 Å². The maximum absolute atomic E-state index is 13.2. The maximum Gasteiger partial charge on any atom is 0.336 e. The Hall–Kier alpha value is -3.30. The van der Waals surface area contributed by atoms with Crippen molar-refractivity contribution < 1.29 is 31.8 Å². The minimum Gasteiger partial charge on any atom is -0.489 e. The number of carbonyl (C=O) groups is 1. The van der Waals surface area contributed by atoms with Crippen LogP contribution in [0.5, 0.6) is 5.75 Å². The molecule has 0 radical (unpaired) electrons. The minimum absolute atomic E-state index is 0.00295. The van der Waals surface area contributed by atoms with Gasteiger partial charge in [0.2, 0.25) is 10.0 Å². The lowest BCUT2D eigenvalue weighted by Crippen LogP contribution is -2.26. The summed E-state index contributed by atoms with van der Waals surface area (Å²) < 4.78 is 59.6. The number of aromatic carboxylic acids is 1. The van der Waals surface area contributed by atoms with Gasteiger partial charge >= 0.3 is 5.97 Å². The van der Waals surface area contributed by atoms with E-state index >= 15 is 0 Å². The van der Waals surface area contributed by atoms with Crippen molar-refractivity contribution >= 4 is 16.0 Å². The molecule has 0 heterocycles. The molecule has 0 spiro atoms. The number of rotatable bonds is 10. The molecule has 0 bridgehead atoms. The summed E-state index contributed by atoms with van der Waals surface area (Å²) in [4.78, 5) is 11.3. The predicted octanol–water partition coefficient (Wildman–Crippen LogP) is 4.33. The Bertz CT molecular complexity index is 1220. The summed E-state index contributed by atoms with van der Waals surface area (Å²) in [5.41, 5.74) is 1.74. The molecule has 0 aliphatic heterocycles. The van der Waals surface area contributed by atoms with E-state index in [4.69, 9.17) is 4.74 Å². The first-order valence-electron chi connectivity index (χ1n) is 10.2. The standard InChI is InChI=1S/C24H23F2NO5S/c1-2-18-5-8-22(14-23(18)24(28)29)33(30,31)27-10-9-16-3-6-21(7-4-16)32-15-17-11-19(25)13-20(26)12-17/h3-8,11-14,27H,2,9-10,15H2,1H3,(H,28,29). The van der Waals surface area contributed by atoms with Crippen LogP contribution < -0.4 is 9.46 Å². The molecule has 0 fully saturated rings. The molecular formula is C24H23F2NO5S. The zero-order chi connectivity index (χ0) is 24.0. The van der Waals surface area contributed by atoms with Crippen molar-refractivity contribution in [2.24, 2.45) is 0 Å². The molecule has 2 N–H and O–H groups in total. The average Bonchev–Trinajstić information content (AvgIpc) is 2.77. The Balaban J connectivity index is 1.56. The van der Waals surface area contributed by atoms with Crippen LogP contribution in [-0.2, 0) is 29.5 Å². The number of ether oxygens (including phenoxy) is 1. The maximum atomic E-state index is 13.2. The summed E-state index contributed by atoms with van der Waals surface area (Å²) >= 11 is 0. The van der Waals surface area contributed by atoms with E-state index in [1.165, 1.54) is 30.3 Å². The monoisotopic (exact) mass is 475 g/mol. The summed E-state index contributed by atoms with van der Waals surface area (Å²) in [6.07, 6.45) is 0.877. The fraction of sp³-hybridized carbons (Fsp3) is 0.208. The second-order valence-corrected chi connectivity index (χ2v) is 9.10. The Morgan fingerprint density at radius 2 is 1.64 bits per heavy atom. The first-order valence-corrected chi connectivity index (χ1v) is 11.7. The topological polar surface area (TPSA) is 92.7 Å². The molecule has 6 nitrogen and oxygen atoms in total. The van der Waals surface area contributed by atoms with Crippen LogP contribution in [0.1, 0.15) is 34.0 Å². The van der Waals surface area contributed by atoms with Crippen LogP contribution in [0.3, 0.4) is 0 Å².